The van der Waals surface area contributed by atoms with Gasteiger partial charge in [0.05, 0.1) is 0 Å². The Labute approximate surface area is 96.7 Å². The van der Waals surface area contributed by atoms with Crippen LogP contribution in [0, 0.1) is 0 Å². The predicted molar refractivity (Wildman–Crippen MR) is 67.4 cm³/mol. The van der Waals surface area contributed by atoms with Crippen molar-refractivity contribution in [2.24, 2.45) is 11.5 Å². The van der Waals surface area contributed by atoms with Crippen LogP contribution in [0.15, 0.2) is 24.3 Å². The van der Waals surface area contributed by atoms with Crippen molar-refractivity contribution < 1.29 is 0 Å². The molecule has 0 aromatic heterocycles. The first kappa shape index (κ1) is 12.9. The van der Waals surface area contributed by atoms with Crippen LogP contribution in [-0.4, -0.2) is 13.1 Å². The van der Waals surface area contributed by atoms with Crippen molar-refractivity contribution in [3.05, 3.63) is 35.4 Å². The van der Waals surface area contributed by atoms with Crippen molar-refractivity contribution >= 4 is 24.0 Å². The summed E-state index contributed by atoms with van der Waals surface area (Å²) < 4.78 is 0. The zero-order chi connectivity index (χ0) is 8.81. The summed E-state index contributed by atoms with van der Waals surface area (Å²) in [6.07, 6.45) is 1.92. The lowest BCUT2D eigenvalue weighted by atomic mass is 10.1. The van der Waals surface area contributed by atoms with Crippen LogP contribution in [0.1, 0.15) is 11.1 Å². The summed E-state index contributed by atoms with van der Waals surface area (Å²) in [6, 6.07) is 8.49. The largest absolute Gasteiger partial charge is 0.330 e. The van der Waals surface area contributed by atoms with Crippen LogP contribution in [0.2, 0.25) is 0 Å². The molecule has 1 aromatic rings. The van der Waals surface area contributed by atoms with Gasteiger partial charge in [-0.15, -0.1) is 24.0 Å². The third-order valence-electron chi connectivity index (χ3n) is 1.89. The summed E-state index contributed by atoms with van der Waals surface area (Å²) in [5.41, 5.74) is 13.5. The van der Waals surface area contributed by atoms with E-state index in [1.807, 2.05) is 0 Å². The van der Waals surface area contributed by atoms with E-state index in [2.05, 4.69) is 24.3 Å². The smallest absolute Gasteiger partial charge is 0.00367 e. The Balaban J connectivity index is 0.00000144. The summed E-state index contributed by atoms with van der Waals surface area (Å²) in [4.78, 5) is 0. The van der Waals surface area contributed by atoms with Gasteiger partial charge >= 0.3 is 0 Å². The maximum absolute atomic E-state index is 5.44. The lowest BCUT2D eigenvalue weighted by Crippen LogP contribution is -2.04. The molecule has 0 atom stereocenters. The molecule has 0 heterocycles. The van der Waals surface area contributed by atoms with Crippen LogP contribution in [0.5, 0.6) is 0 Å². The van der Waals surface area contributed by atoms with Crippen molar-refractivity contribution in [3.8, 4) is 0 Å². The Hall–Kier alpha value is -0.130. The molecule has 0 aliphatic heterocycles. The second-order valence-electron chi connectivity index (χ2n) is 2.89. The topological polar surface area (TPSA) is 52.0 Å². The first-order valence-electron chi connectivity index (χ1n) is 4.34. The Morgan fingerprint density at radius 3 is 1.31 bits per heavy atom. The molecule has 13 heavy (non-hydrogen) atoms. The van der Waals surface area contributed by atoms with Crippen molar-refractivity contribution in [1.82, 2.24) is 0 Å². The number of hydrogen-bond acceptors (Lipinski definition) is 2. The second-order valence-corrected chi connectivity index (χ2v) is 2.89. The molecule has 1 aromatic carbocycles. The van der Waals surface area contributed by atoms with E-state index < -0.39 is 0 Å². The van der Waals surface area contributed by atoms with Crippen LogP contribution in [0.25, 0.3) is 0 Å². The molecule has 0 fully saturated rings. The average molecular weight is 292 g/mol. The number of hydrogen-bond donors (Lipinski definition) is 2. The van der Waals surface area contributed by atoms with Crippen LogP contribution < -0.4 is 11.5 Å². The fourth-order valence-electron chi connectivity index (χ4n) is 1.21. The SMILES string of the molecule is I.NCCc1ccc(CCN)cc1. The van der Waals surface area contributed by atoms with Gasteiger partial charge in [0, 0.05) is 0 Å². The van der Waals surface area contributed by atoms with Crippen molar-refractivity contribution in [2.45, 2.75) is 12.8 Å². The molecule has 0 saturated heterocycles. The average Bonchev–Trinajstić information content (AvgIpc) is 2.09. The third kappa shape index (κ3) is 4.59. The third-order valence-corrected chi connectivity index (χ3v) is 1.89. The summed E-state index contributed by atoms with van der Waals surface area (Å²) in [5, 5.41) is 0. The highest BCUT2D eigenvalue weighted by atomic mass is 127. The van der Waals surface area contributed by atoms with E-state index in [-0.39, 0.29) is 24.0 Å². The molecule has 3 heteroatoms. The van der Waals surface area contributed by atoms with Crippen molar-refractivity contribution in [3.63, 3.8) is 0 Å². The molecule has 0 spiro atoms. The zero-order valence-corrected chi connectivity index (χ0v) is 10.0. The van der Waals surface area contributed by atoms with Gasteiger partial charge in [0.25, 0.3) is 0 Å². The van der Waals surface area contributed by atoms with Gasteiger partial charge < -0.3 is 11.5 Å². The zero-order valence-electron chi connectivity index (χ0n) is 7.70. The quantitative estimate of drug-likeness (QED) is 0.822. The Bertz CT molecular complexity index is 196. The number of rotatable bonds is 4. The van der Waals surface area contributed by atoms with Crippen LogP contribution >= 0.6 is 24.0 Å². The minimum atomic E-state index is 0. The van der Waals surface area contributed by atoms with E-state index in [1.54, 1.807) is 0 Å². The first-order valence-corrected chi connectivity index (χ1v) is 4.34. The normalized spacial score (nSPS) is 9.38. The molecular formula is C10H17IN2. The fraction of sp³-hybridized carbons (Fsp3) is 0.400. The van der Waals surface area contributed by atoms with E-state index in [1.165, 1.54) is 11.1 Å². The standard InChI is InChI=1S/C10H16N2.HI/c11-7-5-9-1-2-10(4-3-9)6-8-12;/h1-4H,5-8,11-12H2;1H. The van der Waals surface area contributed by atoms with Crippen LogP contribution in [0.3, 0.4) is 0 Å². The maximum atomic E-state index is 5.44. The first-order chi connectivity index (χ1) is 5.86. The number of benzene rings is 1. The highest BCUT2D eigenvalue weighted by Gasteiger charge is 1.92. The molecule has 0 amide bonds. The van der Waals surface area contributed by atoms with Crippen molar-refractivity contribution in [1.29, 1.82) is 0 Å². The molecule has 0 unspecified atom stereocenters. The Morgan fingerprint density at radius 1 is 0.769 bits per heavy atom. The second kappa shape index (κ2) is 7.29. The maximum Gasteiger partial charge on any atom is -0.00367 e. The van der Waals surface area contributed by atoms with E-state index in [4.69, 9.17) is 11.5 Å². The van der Waals surface area contributed by atoms with E-state index in [0.29, 0.717) is 0 Å². The molecule has 0 bridgehead atoms. The van der Waals surface area contributed by atoms with Gasteiger partial charge in [0.2, 0.25) is 0 Å². The highest BCUT2D eigenvalue weighted by Crippen LogP contribution is 2.04. The number of nitrogens with two attached hydrogens (primary N) is 2. The van der Waals surface area contributed by atoms with Gasteiger partial charge in [-0.2, -0.15) is 0 Å². The van der Waals surface area contributed by atoms with Gasteiger partial charge in [-0.3, -0.25) is 0 Å². The molecule has 0 radical (unpaired) electrons. The molecule has 2 nitrogen and oxygen atoms in total. The predicted octanol–water partition coefficient (Wildman–Crippen LogP) is 1.31. The molecule has 0 aliphatic carbocycles. The molecule has 1 rings (SSSR count). The Kier molecular flexibility index (Phi) is 7.22. The lowest BCUT2D eigenvalue weighted by molar-refractivity contribution is 0.949. The van der Waals surface area contributed by atoms with E-state index in [0.717, 1.165) is 25.9 Å². The number of halogens is 1. The van der Waals surface area contributed by atoms with Gasteiger partial charge in [-0.1, -0.05) is 24.3 Å². The van der Waals surface area contributed by atoms with E-state index >= 15 is 0 Å². The summed E-state index contributed by atoms with van der Waals surface area (Å²) in [6.45, 7) is 1.44. The minimum absolute atomic E-state index is 0. The van der Waals surface area contributed by atoms with Gasteiger partial charge in [-0.25, -0.2) is 0 Å². The van der Waals surface area contributed by atoms with Gasteiger partial charge in [0.1, 0.15) is 0 Å². The highest BCUT2D eigenvalue weighted by molar-refractivity contribution is 14.0. The Morgan fingerprint density at radius 2 is 1.08 bits per heavy atom. The fourth-order valence-corrected chi connectivity index (χ4v) is 1.21. The monoisotopic (exact) mass is 292 g/mol. The molecule has 74 valence electrons. The van der Waals surface area contributed by atoms with Crippen LogP contribution in [0.4, 0.5) is 0 Å². The van der Waals surface area contributed by atoms with Gasteiger partial charge in [0.15, 0.2) is 0 Å². The summed E-state index contributed by atoms with van der Waals surface area (Å²) in [7, 11) is 0. The summed E-state index contributed by atoms with van der Waals surface area (Å²) >= 11 is 0. The summed E-state index contributed by atoms with van der Waals surface area (Å²) in [5.74, 6) is 0. The molecule has 0 aliphatic rings. The van der Waals surface area contributed by atoms with Gasteiger partial charge in [-0.05, 0) is 37.1 Å². The molecular weight excluding hydrogens is 275 g/mol. The van der Waals surface area contributed by atoms with Crippen molar-refractivity contribution in [2.75, 3.05) is 13.1 Å². The lowest BCUT2D eigenvalue weighted by Gasteiger charge is -2.01. The molecule has 0 saturated carbocycles. The van der Waals surface area contributed by atoms with E-state index in [9.17, 15) is 0 Å². The molecule has 4 N–H and O–H groups in total. The minimum Gasteiger partial charge on any atom is -0.330 e. The van der Waals surface area contributed by atoms with Crippen LogP contribution in [-0.2, 0) is 12.8 Å².